The van der Waals surface area contributed by atoms with Crippen LogP contribution in [0.25, 0.3) is 11.5 Å². The van der Waals surface area contributed by atoms with Crippen molar-refractivity contribution in [3.8, 4) is 17.2 Å². The molecule has 0 saturated carbocycles. The monoisotopic (exact) mass is 449 g/mol. The first-order chi connectivity index (χ1) is 16.1. The summed E-state index contributed by atoms with van der Waals surface area (Å²) in [6, 6.07) is 17.6. The van der Waals surface area contributed by atoms with Crippen LogP contribution in [-0.2, 0) is 22.4 Å². The second kappa shape index (κ2) is 11.1. The van der Waals surface area contributed by atoms with Crippen LogP contribution in [0.2, 0.25) is 0 Å². The maximum absolute atomic E-state index is 12.4. The van der Waals surface area contributed by atoms with Gasteiger partial charge < -0.3 is 19.2 Å². The normalized spacial score (nSPS) is 15.2. The van der Waals surface area contributed by atoms with Gasteiger partial charge in [0.15, 0.2) is 0 Å². The van der Waals surface area contributed by atoms with Crippen molar-refractivity contribution < 1.29 is 18.7 Å². The van der Waals surface area contributed by atoms with E-state index in [-0.39, 0.29) is 12.0 Å². The van der Waals surface area contributed by atoms with Gasteiger partial charge in [-0.15, -0.1) is 0 Å². The Labute approximate surface area is 194 Å². The van der Waals surface area contributed by atoms with Crippen molar-refractivity contribution in [3.05, 3.63) is 71.6 Å². The third-order valence-electron chi connectivity index (χ3n) is 5.94. The topological polar surface area (TPSA) is 76.8 Å². The summed E-state index contributed by atoms with van der Waals surface area (Å²) in [5.74, 6) is 2.06. The average molecular weight is 450 g/mol. The van der Waals surface area contributed by atoms with Crippen LogP contribution in [0.1, 0.15) is 17.0 Å². The first-order valence-electron chi connectivity index (χ1n) is 11.4. The zero-order chi connectivity index (χ0) is 23.0. The summed E-state index contributed by atoms with van der Waals surface area (Å²) in [5.41, 5.74) is 2.95. The lowest BCUT2D eigenvalue weighted by Crippen LogP contribution is -2.52. The average Bonchev–Trinajstić information content (AvgIpc) is 3.24. The standard InChI is InChI=1S/C26H31N3O4/c1-19-23(28-25(33-19)21-6-4-3-5-7-21)12-17-32-22-10-8-20(9-11-22)18-24(26(30)31-2)29-15-13-27-14-16-29/h3-11,24,27H,12-18H2,1-2H3/t24-/m0/s1. The van der Waals surface area contributed by atoms with Crippen molar-refractivity contribution in [1.29, 1.82) is 0 Å². The molecule has 0 spiro atoms. The number of oxazole rings is 1. The summed E-state index contributed by atoms with van der Waals surface area (Å²) in [7, 11) is 1.45. The van der Waals surface area contributed by atoms with E-state index in [1.807, 2.05) is 61.5 Å². The molecule has 7 heteroatoms. The van der Waals surface area contributed by atoms with Crippen LogP contribution in [-0.4, -0.2) is 61.8 Å². The smallest absolute Gasteiger partial charge is 0.323 e. The molecular formula is C26H31N3O4. The van der Waals surface area contributed by atoms with E-state index >= 15 is 0 Å². The lowest BCUT2D eigenvalue weighted by atomic mass is 10.0. The second-order valence-corrected chi connectivity index (χ2v) is 8.16. The van der Waals surface area contributed by atoms with E-state index in [0.717, 1.165) is 54.5 Å². The number of nitrogens with one attached hydrogen (secondary N) is 1. The quantitative estimate of drug-likeness (QED) is 0.503. The third kappa shape index (κ3) is 6.00. The van der Waals surface area contributed by atoms with E-state index in [4.69, 9.17) is 13.9 Å². The van der Waals surface area contributed by atoms with Crippen molar-refractivity contribution in [2.45, 2.75) is 25.8 Å². The molecule has 3 aromatic rings. The summed E-state index contributed by atoms with van der Waals surface area (Å²) in [5, 5.41) is 3.32. The summed E-state index contributed by atoms with van der Waals surface area (Å²) < 4.78 is 16.8. The molecule has 1 saturated heterocycles. The maximum Gasteiger partial charge on any atom is 0.323 e. The number of carbonyl (C=O) groups is 1. The SMILES string of the molecule is COC(=O)[C@H](Cc1ccc(OCCc2nc(-c3ccccc3)oc2C)cc1)N1CCNCC1. The Kier molecular flexibility index (Phi) is 7.75. The molecule has 0 radical (unpaired) electrons. The molecule has 0 aliphatic carbocycles. The van der Waals surface area contributed by atoms with E-state index in [0.29, 0.717) is 25.3 Å². The van der Waals surface area contributed by atoms with E-state index in [2.05, 4.69) is 15.2 Å². The number of benzene rings is 2. The number of hydrogen-bond donors (Lipinski definition) is 1. The fraction of sp³-hybridized carbons (Fsp3) is 0.385. The van der Waals surface area contributed by atoms with Gasteiger partial charge in [-0.2, -0.15) is 0 Å². The van der Waals surface area contributed by atoms with Gasteiger partial charge in [0.25, 0.3) is 0 Å². The highest BCUT2D eigenvalue weighted by Gasteiger charge is 2.28. The Bertz CT molecular complexity index is 1030. The molecule has 1 atom stereocenters. The van der Waals surface area contributed by atoms with E-state index in [1.54, 1.807) is 0 Å². The molecule has 7 nitrogen and oxygen atoms in total. The molecule has 1 aliphatic rings. The molecule has 2 heterocycles. The van der Waals surface area contributed by atoms with E-state index < -0.39 is 0 Å². The zero-order valence-corrected chi connectivity index (χ0v) is 19.3. The molecule has 0 unspecified atom stereocenters. The fourth-order valence-electron chi connectivity index (χ4n) is 4.07. The highest BCUT2D eigenvalue weighted by Crippen LogP contribution is 2.22. The molecule has 0 amide bonds. The molecule has 1 N–H and O–H groups in total. The number of ether oxygens (including phenoxy) is 2. The largest absolute Gasteiger partial charge is 0.493 e. The molecule has 4 rings (SSSR count). The minimum atomic E-state index is -0.266. The molecule has 1 aliphatic heterocycles. The maximum atomic E-state index is 12.4. The summed E-state index contributed by atoms with van der Waals surface area (Å²) >= 11 is 0. The Balaban J connectivity index is 1.31. The predicted octanol–water partition coefficient (Wildman–Crippen LogP) is 3.26. The lowest BCUT2D eigenvalue weighted by molar-refractivity contribution is -0.147. The number of nitrogens with zero attached hydrogens (tertiary/aromatic N) is 2. The highest BCUT2D eigenvalue weighted by atomic mass is 16.5. The summed E-state index contributed by atoms with van der Waals surface area (Å²) in [6.45, 7) is 5.89. The number of hydrogen-bond acceptors (Lipinski definition) is 7. The Morgan fingerprint density at radius 3 is 2.55 bits per heavy atom. The summed E-state index contributed by atoms with van der Waals surface area (Å²) in [6.07, 6.45) is 1.28. The first kappa shape index (κ1) is 23.0. The van der Waals surface area contributed by atoms with Gasteiger partial charge in [0, 0.05) is 38.2 Å². The number of carbonyl (C=O) groups excluding carboxylic acids is 1. The lowest BCUT2D eigenvalue weighted by Gasteiger charge is -2.33. The van der Waals surface area contributed by atoms with Gasteiger partial charge >= 0.3 is 5.97 Å². The van der Waals surface area contributed by atoms with Gasteiger partial charge in [-0.25, -0.2) is 4.98 Å². The number of rotatable bonds is 9. The molecule has 33 heavy (non-hydrogen) atoms. The van der Waals surface area contributed by atoms with Crippen LogP contribution in [0.3, 0.4) is 0 Å². The van der Waals surface area contributed by atoms with Crippen LogP contribution in [0, 0.1) is 6.92 Å². The van der Waals surface area contributed by atoms with Gasteiger partial charge in [0.1, 0.15) is 17.6 Å². The zero-order valence-electron chi connectivity index (χ0n) is 19.3. The highest BCUT2D eigenvalue weighted by molar-refractivity contribution is 5.76. The van der Waals surface area contributed by atoms with Crippen molar-refractivity contribution in [2.75, 3.05) is 39.9 Å². The van der Waals surface area contributed by atoms with Gasteiger partial charge in [-0.1, -0.05) is 30.3 Å². The molecule has 0 bridgehead atoms. The fourth-order valence-corrected chi connectivity index (χ4v) is 4.07. The van der Waals surface area contributed by atoms with Crippen molar-refractivity contribution in [1.82, 2.24) is 15.2 Å². The van der Waals surface area contributed by atoms with E-state index in [9.17, 15) is 4.79 Å². The Morgan fingerprint density at radius 2 is 1.85 bits per heavy atom. The molecule has 174 valence electrons. The van der Waals surface area contributed by atoms with Gasteiger partial charge in [-0.3, -0.25) is 9.69 Å². The Morgan fingerprint density at radius 1 is 1.12 bits per heavy atom. The van der Waals surface area contributed by atoms with E-state index in [1.165, 1.54) is 7.11 Å². The van der Waals surface area contributed by atoms with Crippen LogP contribution >= 0.6 is 0 Å². The minimum absolute atomic E-state index is 0.185. The van der Waals surface area contributed by atoms with Gasteiger partial charge in [-0.05, 0) is 43.2 Å². The molecule has 1 aromatic heterocycles. The molecular weight excluding hydrogens is 418 g/mol. The third-order valence-corrected chi connectivity index (χ3v) is 5.94. The number of esters is 1. The van der Waals surface area contributed by atoms with Crippen LogP contribution in [0.5, 0.6) is 5.75 Å². The summed E-state index contributed by atoms with van der Waals surface area (Å²) in [4.78, 5) is 19.2. The number of methoxy groups -OCH3 is 1. The minimum Gasteiger partial charge on any atom is -0.493 e. The number of piperazine rings is 1. The molecule has 1 fully saturated rings. The van der Waals surface area contributed by atoms with Crippen molar-refractivity contribution >= 4 is 5.97 Å². The number of aryl methyl sites for hydroxylation is 1. The van der Waals surface area contributed by atoms with Gasteiger partial charge in [0.05, 0.1) is 19.4 Å². The predicted molar refractivity (Wildman–Crippen MR) is 126 cm³/mol. The van der Waals surface area contributed by atoms with Gasteiger partial charge in [0.2, 0.25) is 5.89 Å². The second-order valence-electron chi connectivity index (χ2n) is 8.16. The number of aromatic nitrogens is 1. The van der Waals surface area contributed by atoms with Crippen LogP contribution < -0.4 is 10.1 Å². The van der Waals surface area contributed by atoms with Crippen LogP contribution in [0.15, 0.2) is 59.0 Å². The van der Waals surface area contributed by atoms with Crippen LogP contribution in [0.4, 0.5) is 0 Å². The first-order valence-corrected chi connectivity index (χ1v) is 11.4. The van der Waals surface area contributed by atoms with Crippen molar-refractivity contribution in [3.63, 3.8) is 0 Å². The molecule has 2 aromatic carbocycles. The Hall–Kier alpha value is -3.16. The van der Waals surface area contributed by atoms with Crippen molar-refractivity contribution in [2.24, 2.45) is 0 Å².